The van der Waals surface area contributed by atoms with Crippen LogP contribution in [-0.4, -0.2) is 52.8 Å². The lowest BCUT2D eigenvalue weighted by molar-refractivity contribution is -0.126. The quantitative estimate of drug-likeness (QED) is 0.883. The monoisotopic (exact) mass is 366 g/mol. The van der Waals surface area contributed by atoms with E-state index in [0.717, 1.165) is 11.8 Å². The van der Waals surface area contributed by atoms with Crippen molar-refractivity contribution < 1.29 is 14.4 Å². The zero-order chi connectivity index (χ0) is 17.3. The molecule has 1 fully saturated rings. The van der Waals surface area contributed by atoms with E-state index in [1.807, 2.05) is 0 Å². The molecule has 9 heteroatoms. The lowest BCUT2D eigenvalue weighted by atomic mass is 10.3. The van der Waals surface area contributed by atoms with Crippen molar-refractivity contribution in [3.05, 3.63) is 29.3 Å². The third-order valence-electron chi connectivity index (χ3n) is 3.64. The summed E-state index contributed by atoms with van der Waals surface area (Å²) in [6, 6.07) is 6.57. The minimum atomic E-state index is -0.552. The molecule has 126 valence electrons. The third kappa shape index (κ3) is 3.11. The molecule has 0 unspecified atom stereocenters. The molecule has 0 bridgehead atoms. The van der Waals surface area contributed by atoms with Crippen LogP contribution in [0.3, 0.4) is 0 Å². The third-order valence-corrected chi connectivity index (χ3v) is 5.03. The number of imide groups is 1. The number of hydrogen-bond acceptors (Lipinski definition) is 5. The lowest BCUT2D eigenvalue weighted by Crippen LogP contribution is -2.40. The Kier molecular flexibility index (Phi) is 4.77. The van der Waals surface area contributed by atoms with Crippen LogP contribution in [-0.2, 0) is 9.59 Å². The molecule has 4 amide bonds. The Balaban J connectivity index is 1.76. The van der Waals surface area contributed by atoms with Crippen molar-refractivity contribution in [2.24, 2.45) is 4.99 Å². The number of aliphatic imine (C=N–C) groups is 1. The predicted octanol–water partition coefficient (Wildman–Crippen LogP) is 1.72. The first-order valence-electron chi connectivity index (χ1n) is 7.37. The number of urea groups is 1. The molecular weight excluding hydrogens is 352 g/mol. The van der Waals surface area contributed by atoms with Gasteiger partial charge in [-0.3, -0.25) is 24.4 Å². The smallest absolute Gasteiger partial charge is 0.324 e. The minimum Gasteiger partial charge on any atom is -0.336 e. The van der Waals surface area contributed by atoms with Gasteiger partial charge in [-0.05, 0) is 19.1 Å². The van der Waals surface area contributed by atoms with Crippen molar-refractivity contribution >= 4 is 52.1 Å². The van der Waals surface area contributed by atoms with Gasteiger partial charge in [-0.2, -0.15) is 0 Å². The molecule has 0 spiro atoms. The minimum absolute atomic E-state index is 0.0126. The van der Waals surface area contributed by atoms with E-state index in [-0.39, 0.29) is 24.4 Å². The number of benzene rings is 1. The topological polar surface area (TPSA) is 82.1 Å². The van der Waals surface area contributed by atoms with E-state index in [4.69, 9.17) is 11.6 Å². The van der Waals surface area contributed by atoms with Gasteiger partial charge in [-0.1, -0.05) is 35.5 Å². The summed E-state index contributed by atoms with van der Waals surface area (Å²) in [6.45, 7) is 2.50. The van der Waals surface area contributed by atoms with Crippen LogP contribution in [0.15, 0.2) is 29.3 Å². The molecule has 7 nitrogen and oxygen atoms in total. The zero-order valence-electron chi connectivity index (χ0n) is 12.9. The maximum atomic E-state index is 12.4. The summed E-state index contributed by atoms with van der Waals surface area (Å²) in [5.74, 6) is -0.514. The van der Waals surface area contributed by atoms with E-state index in [0.29, 0.717) is 29.0 Å². The van der Waals surface area contributed by atoms with Gasteiger partial charge in [0.25, 0.3) is 5.91 Å². The molecule has 0 saturated carbocycles. The van der Waals surface area contributed by atoms with Crippen LogP contribution in [0.1, 0.15) is 6.92 Å². The molecule has 2 heterocycles. The highest BCUT2D eigenvalue weighted by molar-refractivity contribution is 8.15. The highest BCUT2D eigenvalue weighted by atomic mass is 35.5. The van der Waals surface area contributed by atoms with Crippen molar-refractivity contribution in [2.75, 3.05) is 24.5 Å². The first-order valence-corrected chi connectivity index (χ1v) is 8.62. The summed E-state index contributed by atoms with van der Waals surface area (Å²) in [5, 5.41) is 2.88. The molecular formula is C15H15ClN4O3S. The number of rotatable bonds is 3. The lowest BCUT2D eigenvalue weighted by Gasteiger charge is -2.22. The molecule has 24 heavy (non-hydrogen) atoms. The molecule has 3 rings (SSSR count). The summed E-state index contributed by atoms with van der Waals surface area (Å²) in [5.41, 5.74) is 0.534. The Labute approximate surface area is 148 Å². The first-order chi connectivity index (χ1) is 11.5. The van der Waals surface area contributed by atoms with Crippen LogP contribution < -0.4 is 10.2 Å². The second-order valence-corrected chi connectivity index (χ2v) is 6.98. The number of amidine groups is 1. The van der Waals surface area contributed by atoms with Crippen LogP contribution in [0.25, 0.3) is 0 Å². The number of carbonyl (C=O) groups excluding carboxylic acids is 3. The largest absolute Gasteiger partial charge is 0.336 e. The number of para-hydroxylation sites is 1. The molecule has 1 saturated heterocycles. The van der Waals surface area contributed by atoms with Gasteiger partial charge in [0.1, 0.15) is 6.54 Å². The molecule has 0 radical (unpaired) electrons. The van der Waals surface area contributed by atoms with Gasteiger partial charge in [-0.15, -0.1) is 0 Å². The van der Waals surface area contributed by atoms with Gasteiger partial charge >= 0.3 is 6.03 Å². The maximum Gasteiger partial charge on any atom is 0.324 e. The highest BCUT2D eigenvalue weighted by Crippen LogP contribution is 2.31. The number of thioether (sulfide) groups is 1. The van der Waals surface area contributed by atoms with E-state index in [1.165, 1.54) is 9.80 Å². The van der Waals surface area contributed by atoms with Crippen LogP contribution >= 0.6 is 23.4 Å². The Hall–Kier alpha value is -2.06. The fourth-order valence-corrected chi connectivity index (χ4v) is 3.66. The first kappa shape index (κ1) is 16.8. The number of nitrogens with zero attached hydrogens (tertiary/aromatic N) is 3. The van der Waals surface area contributed by atoms with Gasteiger partial charge in [-0.25, -0.2) is 4.79 Å². The summed E-state index contributed by atoms with van der Waals surface area (Å²) >= 11 is 7.32. The summed E-state index contributed by atoms with van der Waals surface area (Å²) in [6.07, 6.45) is 0. The molecule has 1 aromatic carbocycles. The SMILES string of the molecule is C[C@H](SC1=NCC(=O)N1c1ccccc1Cl)C(=O)N1CCNC1=O. The second-order valence-electron chi connectivity index (χ2n) is 5.26. The van der Waals surface area contributed by atoms with Crippen molar-refractivity contribution in [3.8, 4) is 0 Å². The maximum absolute atomic E-state index is 12.4. The number of halogens is 1. The van der Waals surface area contributed by atoms with E-state index >= 15 is 0 Å². The van der Waals surface area contributed by atoms with Crippen LogP contribution in [0.2, 0.25) is 5.02 Å². The standard InChI is InChI=1S/C15H15ClN4O3S/c1-9(13(22)19-7-6-17-14(19)23)24-15-18-8-12(21)20(15)11-5-3-2-4-10(11)16/h2-5,9H,6-8H2,1H3,(H,17,23)/t9-/m0/s1. The van der Waals surface area contributed by atoms with Crippen molar-refractivity contribution in [1.29, 1.82) is 0 Å². The van der Waals surface area contributed by atoms with Gasteiger partial charge in [0.05, 0.1) is 16.0 Å². The number of hydrogen-bond donors (Lipinski definition) is 1. The van der Waals surface area contributed by atoms with E-state index in [2.05, 4.69) is 10.3 Å². The van der Waals surface area contributed by atoms with Gasteiger partial charge < -0.3 is 5.32 Å². The van der Waals surface area contributed by atoms with E-state index in [9.17, 15) is 14.4 Å². The Bertz CT molecular complexity index is 739. The van der Waals surface area contributed by atoms with Crippen LogP contribution in [0, 0.1) is 0 Å². The molecule has 1 atom stereocenters. The van der Waals surface area contributed by atoms with Crippen molar-refractivity contribution in [1.82, 2.24) is 10.2 Å². The molecule has 1 N–H and O–H groups in total. The zero-order valence-corrected chi connectivity index (χ0v) is 14.4. The van der Waals surface area contributed by atoms with Crippen molar-refractivity contribution in [2.45, 2.75) is 12.2 Å². The van der Waals surface area contributed by atoms with E-state index < -0.39 is 5.25 Å². The number of nitrogens with one attached hydrogen (secondary N) is 1. The predicted molar refractivity (Wildman–Crippen MR) is 93.4 cm³/mol. The molecule has 2 aliphatic rings. The fraction of sp³-hybridized carbons (Fsp3) is 0.333. The van der Waals surface area contributed by atoms with E-state index in [1.54, 1.807) is 31.2 Å². The highest BCUT2D eigenvalue weighted by Gasteiger charge is 2.35. The molecule has 1 aromatic rings. The summed E-state index contributed by atoms with van der Waals surface area (Å²) < 4.78 is 0. The Morgan fingerprint density at radius 3 is 2.79 bits per heavy atom. The Morgan fingerprint density at radius 2 is 2.12 bits per heavy atom. The Morgan fingerprint density at radius 1 is 1.38 bits per heavy atom. The summed E-state index contributed by atoms with van der Waals surface area (Å²) in [7, 11) is 0. The fourth-order valence-electron chi connectivity index (χ4n) is 2.45. The van der Waals surface area contributed by atoms with Crippen LogP contribution in [0.5, 0.6) is 0 Å². The molecule has 2 aliphatic heterocycles. The number of amides is 4. The van der Waals surface area contributed by atoms with Gasteiger partial charge in [0, 0.05) is 13.1 Å². The van der Waals surface area contributed by atoms with Crippen LogP contribution in [0.4, 0.5) is 10.5 Å². The second kappa shape index (κ2) is 6.82. The summed E-state index contributed by atoms with van der Waals surface area (Å²) in [4.78, 5) is 43.0. The normalized spacial score (nSPS) is 18.7. The molecule has 0 aromatic heterocycles. The molecule has 0 aliphatic carbocycles. The van der Waals surface area contributed by atoms with Gasteiger partial charge in [0.15, 0.2) is 5.17 Å². The number of carbonyl (C=O) groups is 3. The van der Waals surface area contributed by atoms with Gasteiger partial charge in [0.2, 0.25) is 5.91 Å². The average Bonchev–Trinajstić information content (AvgIpc) is 3.13. The number of anilines is 1. The van der Waals surface area contributed by atoms with Crippen molar-refractivity contribution in [3.63, 3.8) is 0 Å². The average molecular weight is 367 g/mol.